The van der Waals surface area contributed by atoms with E-state index in [-0.39, 0.29) is 11.6 Å². The first-order chi connectivity index (χ1) is 20.3. The number of hydrogen-bond donors (Lipinski definition) is 1. The molecule has 1 unspecified atom stereocenters. The highest BCUT2D eigenvalue weighted by molar-refractivity contribution is 5.88. The number of nitrogens with one attached hydrogen (secondary N) is 1. The molecule has 1 N–H and O–H groups in total. The average molecular weight is 575 g/mol. The van der Waals surface area contributed by atoms with Gasteiger partial charge in [-0.1, -0.05) is 37.5 Å². The maximum atomic E-state index is 15.9. The molecule has 1 aromatic carbocycles. The van der Waals surface area contributed by atoms with E-state index in [2.05, 4.69) is 33.2 Å². The first kappa shape index (κ1) is 28.7. The summed E-state index contributed by atoms with van der Waals surface area (Å²) in [5.74, 6) is -2.53. The topological polar surface area (TPSA) is 87.0 Å². The number of nitriles is 1. The van der Waals surface area contributed by atoms with Gasteiger partial charge in [0.1, 0.15) is 12.1 Å². The van der Waals surface area contributed by atoms with Crippen LogP contribution in [0.2, 0.25) is 0 Å². The molecule has 1 saturated carbocycles. The third-order valence-electron chi connectivity index (χ3n) is 9.61. The van der Waals surface area contributed by atoms with E-state index in [4.69, 9.17) is 9.72 Å². The Morgan fingerprint density at radius 1 is 1.02 bits per heavy atom. The summed E-state index contributed by atoms with van der Waals surface area (Å²) < 4.78 is 37.9. The normalized spacial score (nSPS) is 27.6. The summed E-state index contributed by atoms with van der Waals surface area (Å²) >= 11 is 0. The minimum Gasteiger partial charge on any atom is -0.477 e. The third-order valence-corrected chi connectivity index (χ3v) is 9.61. The molecule has 5 aliphatic heterocycles. The Morgan fingerprint density at radius 3 is 2.57 bits per heavy atom. The molecule has 2 aromatic heterocycles. The lowest BCUT2D eigenvalue weighted by Gasteiger charge is -2.39. The van der Waals surface area contributed by atoms with Crippen LogP contribution in [-0.2, 0) is 11.3 Å². The standard InChI is InChI=1S/C33H40F2N6O/c1-22-8-5-3-4-6-17-42-31-28(32(20-36)13-14-32)19-27-29(37-21-38-30(27)40-31)39-23(2)24-9-7-10-26(18-24)33(34,35)25-11-15-41(22)16-12-25/h7,9-10,18-19,21-23,25H,3-6,8,11-17H2,1-2H3,(H,37,38,39,40)/t22?,23-/m1/s1. The van der Waals surface area contributed by atoms with Crippen LogP contribution in [0.15, 0.2) is 36.7 Å². The molecule has 2 atom stereocenters. The number of halogens is 2. The Hall–Kier alpha value is -3.38. The molecule has 3 aromatic rings. The summed E-state index contributed by atoms with van der Waals surface area (Å²) in [4.78, 5) is 16.0. The number of piperidine rings is 1. The number of aromatic nitrogens is 3. The molecule has 6 aliphatic rings. The molecule has 1 aliphatic carbocycles. The molecular formula is C33H40F2N6O. The fraction of sp³-hybridized carbons (Fsp3) is 0.576. The van der Waals surface area contributed by atoms with Crippen LogP contribution in [0.4, 0.5) is 14.6 Å². The van der Waals surface area contributed by atoms with Crippen molar-refractivity contribution >= 4 is 16.9 Å². The van der Waals surface area contributed by atoms with E-state index in [0.29, 0.717) is 61.3 Å². The van der Waals surface area contributed by atoms with Crippen molar-refractivity contribution in [1.29, 1.82) is 5.26 Å². The molecule has 8 bridgehead atoms. The molecule has 2 fully saturated rings. The lowest BCUT2D eigenvalue weighted by molar-refractivity contribution is -0.0883. The first-order valence-corrected chi connectivity index (χ1v) is 15.5. The molecule has 42 heavy (non-hydrogen) atoms. The summed E-state index contributed by atoms with van der Waals surface area (Å²) in [5.41, 5.74) is 1.48. The zero-order chi connectivity index (χ0) is 29.3. The van der Waals surface area contributed by atoms with E-state index in [0.717, 1.165) is 56.1 Å². The van der Waals surface area contributed by atoms with Crippen LogP contribution in [0.25, 0.3) is 11.0 Å². The van der Waals surface area contributed by atoms with E-state index >= 15 is 8.78 Å². The van der Waals surface area contributed by atoms with E-state index < -0.39 is 17.3 Å². The molecule has 9 rings (SSSR count). The fourth-order valence-electron chi connectivity index (χ4n) is 6.59. The van der Waals surface area contributed by atoms with E-state index in [1.54, 1.807) is 18.2 Å². The lowest BCUT2D eigenvalue weighted by Crippen LogP contribution is -2.43. The SMILES string of the molecule is CC1CCCCCCOc2nc3ncnc(c3cc2C2(C#N)CC2)N[C@H](C)c2cccc(c2)C(F)(F)C2CCN1CC2. The van der Waals surface area contributed by atoms with Gasteiger partial charge >= 0.3 is 0 Å². The lowest BCUT2D eigenvalue weighted by atomic mass is 9.85. The van der Waals surface area contributed by atoms with Crippen molar-refractivity contribution in [2.75, 3.05) is 25.0 Å². The second-order valence-corrected chi connectivity index (χ2v) is 12.5. The largest absolute Gasteiger partial charge is 0.477 e. The highest BCUT2D eigenvalue weighted by Crippen LogP contribution is 2.51. The number of ether oxygens (including phenoxy) is 1. The van der Waals surface area contributed by atoms with Crippen molar-refractivity contribution in [2.24, 2.45) is 5.92 Å². The molecular weight excluding hydrogens is 534 g/mol. The number of anilines is 1. The molecule has 0 radical (unpaired) electrons. The maximum Gasteiger partial charge on any atom is 0.276 e. The van der Waals surface area contributed by atoms with E-state index in [1.165, 1.54) is 6.33 Å². The number of pyridine rings is 1. The van der Waals surface area contributed by atoms with E-state index in [9.17, 15) is 5.26 Å². The summed E-state index contributed by atoms with van der Waals surface area (Å²) in [6.45, 7) is 6.13. The number of benzene rings is 1. The van der Waals surface area contributed by atoms with Crippen LogP contribution < -0.4 is 10.1 Å². The Balaban J connectivity index is 1.35. The fourth-order valence-corrected chi connectivity index (χ4v) is 6.59. The molecule has 7 heterocycles. The summed E-state index contributed by atoms with van der Waals surface area (Å²) in [5, 5.41) is 14.1. The van der Waals surface area contributed by atoms with Crippen LogP contribution in [0.1, 0.15) is 94.4 Å². The van der Waals surface area contributed by atoms with Gasteiger partial charge in [-0.05, 0) is 83.2 Å². The maximum absolute atomic E-state index is 15.9. The van der Waals surface area contributed by atoms with Crippen molar-refractivity contribution in [1.82, 2.24) is 19.9 Å². The summed E-state index contributed by atoms with van der Waals surface area (Å²) in [7, 11) is 0. The Bertz CT molecular complexity index is 1460. The minimum absolute atomic E-state index is 0.0709. The monoisotopic (exact) mass is 574 g/mol. The molecule has 9 heteroatoms. The first-order valence-electron chi connectivity index (χ1n) is 15.5. The van der Waals surface area contributed by atoms with Gasteiger partial charge in [-0.2, -0.15) is 10.2 Å². The highest BCUT2D eigenvalue weighted by atomic mass is 19.3. The van der Waals surface area contributed by atoms with Crippen molar-refractivity contribution < 1.29 is 13.5 Å². The molecule has 222 valence electrons. The summed E-state index contributed by atoms with van der Waals surface area (Å²) in [6, 6.07) is 11.3. The zero-order valence-electron chi connectivity index (χ0n) is 24.6. The molecule has 1 saturated heterocycles. The molecule has 0 amide bonds. The van der Waals surface area contributed by atoms with Crippen LogP contribution in [0.3, 0.4) is 0 Å². The van der Waals surface area contributed by atoms with Gasteiger partial charge in [-0.25, -0.2) is 18.7 Å². The van der Waals surface area contributed by atoms with Gasteiger partial charge in [0.2, 0.25) is 5.88 Å². The van der Waals surface area contributed by atoms with Crippen molar-refractivity contribution in [3.8, 4) is 11.9 Å². The Labute approximate surface area is 246 Å². The van der Waals surface area contributed by atoms with E-state index in [1.807, 2.05) is 19.1 Å². The molecule has 7 nitrogen and oxygen atoms in total. The van der Waals surface area contributed by atoms with Gasteiger partial charge in [0, 0.05) is 29.1 Å². The quantitative estimate of drug-likeness (QED) is 0.327. The number of nitrogens with zero attached hydrogens (tertiary/aromatic N) is 5. The predicted molar refractivity (Wildman–Crippen MR) is 159 cm³/mol. The van der Waals surface area contributed by atoms with Crippen molar-refractivity contribution in [2.45, 2.75) is 95.1 Å². The third kappa shape index (κ3) is 5.66. The van der Waals surface area contributed by atoms with Gasteiger partial charge < -0.3 is 15.0 Å². The molecule has 0 spiro atoms. The van der Waals surface area contributed by atoms with Crippen LogP contribution >= 0.6 is 0 Å². The second kappa shape index (κ2) is 11.7. The average Bonchev–Trinajstić information content (AvgIpc) is 3.81. The van der Waals surface area contributed by atoms with Crippen LogP contribution in [0, 0.1) is 17.2 Å². The minimum atomic E-state index is -2.90. The number of alkyl halides is 2. The van der Waals surface area contributed by atoms with Crippen molar-refractivity contribution in [3.63, 3.8) is 0 Å². The zero-order valence-corrected chi connectivity index (χ0v) is 24.6. The number of rotatable bonds is 1. The number of hydrogen-bond acceptors (Lipinski definition) is 7. The van der Waals surface area contributed by atoms with Gasteiger partial charge in [-0.15, -0.1) is 0 Å². The second-order valence-electron chi connectivity index (χ2n) is 12.5. The van der Waals surface area contributed by atoms with Gasteiger partial charge in [0.05, 0.1) is 23.5 Å². The Kier molecular flexibility index (Phi) is 8.01. The van der Waals surface area contributed by atoms with Crippen LogP contribution in [-0.4, -0.2) is 45.6 Å². The van der Waals surface area contributed by atoms with Crippen molar-refractivity contribution in [3.05, 3.63) is 53.3 Å². The van der Waals surface area contributed by atoms with Gasteiger partial charge in [0.15, 0.2) is 5.65 Å². The predicted octanol–water partition coefficient (Wildman–Crippen LogP) is 7.29. The Morgan fingerprint density at radius 2 is 1.81 bits per heavy atom. The van der Waals surface area contributed by atoms with Gasteiger partial charge in [0.25, 0.3) is 5.92 Å². The van der Waals surface area contributed by atoms with Crippen LogP contribution in [0.5, 0.6) is 5.88 Å². The smallest absolute Gasteiger partial charge is 0.276 e. The highest BCUT2D eigenvalue weighted by Gasteiger charge is 2.48. The van der Waals surface area contributed by atoms with Gasteiger partial charge in [-0.3, -0.25) is 0 Å². The summed E-state index contributed by atoms with van der Waals surface area (Å²) in [6.07, 6.45) is 9.18.